The summed E-state index contributed by atoms with van der Waals surface area (Å²) in [6.45, 7) is 4.58. The lowest BCUT2D eigenvalue weighted by Gasteiger charge is -2.39. The van der Waals surface area contributed by atoms with E-state index in [1.807, 2.05) is 12.1 Å². The number of fused-ring (bicyclic) bond motifs is 1. The van der Waals surface area contributed by atoms with Crippen LogP contribution < -0.4 is 16.2 Å². The summed E-state index contributed by atoms with van der Waals surface area (Å²) in [7, 11) is 0. The van der Waals surface area contributed by atoms with E-state index in [-0.39, 0.29) is 0 Å². The molecule has 2 aliphatic rings. The van der Waals surface area contributed by atoms with Crippen LogP contribution in [0.3, 0.4) is 0 Å². The van der Waals surface area contributed by atoms with Gasteiger partial charge in [0.1, 0.15) is 6.33 Å². The molecule has 0 radical (unpaired) electrons. The zero-order valence-electron chi connectivity index (χ0n) is 14.9. The SMILES string of the molecule is N#Cc1ccc2ncnc(NNC3CCC(N4CCNCC4)CC3)c2c1. The molecule has 26 heavy (non-hydrogen) atoms. The third-order valence-corrected chi connectivity index (χ3v) is 5.52. The van der Waals surface area contributed by atoms with Gasteiger partial charge in [-0.2, -0.15) is 5.26 Å². The third-order valence-electron chi connectivity index (χ3n) is 5.52. The van der Waals surface area contributed by atoms with Gasteiger partial charge in [0.15, 0.2) is 5.82 Å². The summed E-state index contributed by atoms with van der Waals surface area (Å²) in [5.74, 6) is 0.733. The second-order valence-electron chi connectivity index (χ2n) is 7.13. The van der Waals surface area contributed by atoms with Gasteiger partial charge in [-0.15, -0.1) is 0 Å². The molecular weight excluding hydrogens is 326 g/mol. The van der Waals surface area contributed by atoms with Gasteiger partial charge in [-0.1, -0.05) is 0 Å². The summed E-state index contributed by atoms with van der Waals surface area (Å²) in [6.07, 6.45) is 6.35. The highest BCUT2D eigenvalue weighted by atomic mass is 15.4. The summed E-state index contributed by atoms with van der Waals surface area (Å²) >= 11 is 0. The van der Waals surface area contributed by atoms with Gasteiger partial charge < -0.3 is 10.7 Å². The molecule has 1 saturated carbocycles. The highest BCUT2D eigenvalue weighted by molar-refractivity contribution is 5.89. The molecule has 1 aliphatic carbocycles. The Labute approximate surface area is 153 Å². The fraction of sp³-hybridized carbons (Fsp3) is 0.526. The second kappa shape index (κ2) is 7.96. The van der Waals surface area contributed by atoms with E-state index in [2.05, 4.69) is 37.1 Å². The van der Waals surface area contributed by atoms with Crippen molar-refractivity contribution < 1.29 is 0 Å². The van der Waals surface area contributed by atoms with Gasteiger partial charge in [-0.3, -0.25) is 4.90 Å². The number of rotatable bonds is 4. The quantitative estimate of drug-likeness (QED) is 0.722. The molecule has 136 valence electrons. The number of hydrogen-bond acceptors (Lipinski definition) is 7. The number of nitriles is 1. The Balaban J connectivity index is 1.35. The molecule has 1 aromatic carbocycles. The van der Waals surface area contributed by atoms with E-state index in [1.54, 1.807) is 12.4 Å². The molecule has 0 unspecified atom stereocenters. The molecule has 7 nitrogen and oxygen atoms in total. The Morgan fingerprint density at radius 2 is 1.92 bits per heavy atom. The van der Waals surface area contributed by atoms with Crippen molar-refractivity contribution in [1.29, 1.82) is 5.26 Å². The van der Waals surface area contributed by atoms with E-state index in [9.17, 15) is 0 Å². The van der Waals surface area contributed by atoms with Gasteiger partial charge in [-0.05, 0) is 43.9 Å². The summed E-state index contributed by atoms with van der Waals surface area (Å²) in [4.78, 5) is 11.3. The normalized spacial score (nSPS) is 24.3. The second-order valence-corrected chi connectivity index (χ2v) is 7.13. The fourth-order valence-corrected chi connectivity index (χ4v) is 4.03. The van der Waals surface area contributed by atoms with Gasteiger partial charge in [-0.25, -0.2) is 15.4 Å². The first kappa shape index (κ1) is 17.2. The first-order valence-electron chi connectivity index (χ1n) is 9.44. The lowest BCUT2D eigenvalue weighted by molar-refractivity contribution is 0.129. The zero-order valence-corrected chi connectivity index (χ0v) is 14.9. The predicted molar refractivity (Wildman–Crippen MR) is 101 cm³/mol. The Bertz CT molecular complexity index is 786. The molecule has 1 aromatic heterocycles. The van der Waals surface area contributed by atoms with Crippen molar-refractivity contribution in [3.8, 4) is 6.07 Å². The maximum atomic E-state index is 9.12. The average molecular weight is 351 g/mol. The molecule has 0 spiro atoms. The van der Waals surface area contributed by atoms with E-state index in [1.165, 1.54) is 25.9 Å². The van der Waals surface area contributed by atoms with Crippen molar-refractivity contribution in [2.75, 3.05) is 31.6 Å². The van der Waals surface area contributed by atoms with Crippen molar-refractivity contribution in [3.05, 3.63) is 30.1 Å². The Kier molecular flexibility index (Phi) is 5.25. The summed E-state index contributed by atoms with van der Waals surface area (Å²) in [5.41, 5.74) is 8.16. The van der Waals surface area contributed by atoms with E-state index in [0.29, 0.717) is 11.6 Å². The van der Waals surface area contributed by atoms with Gasteiger partial charge >= 0.3 is 0 Å². The fourth-order valence-electron chi connectivity index (χ4n) is 4.03. The molecule has 2 aromatic rings. The maximum Gasteiger partial charge on any atom is 0.151 e. The zero-order chi connectivity index (χ0) is 17.8. The van der Waals surface area contributed by atoms with E-state index >= 15 is 0 Å². The molecule has 1 saturated heterocycles. The minimum absolute atomic E-state index is 0.443. The number of benzene rings is 1. The number of nitrogens with zero attached hydrogens (tertiary/aromatic N) is 4. The Morgan fingerprint density at radius 3 is 2.69 bits per heavy atom. The number of anilines is 1. The first-order valence-corrected chi connectivity index (χ1v) is 9.44. The standard InChI is InChI=1S/C19H25N7/c20-12-14-1-6-18-17(11-14)19(23-13-22-18)25-24-15-2-4-16(5-3-15)26-9-7-21-8-10-26/h1,6,11,13,15-16,21,24H,2-5,7-10H2,(H,22,23,25). The minimum Gasteiger partial charge on any atom is -0.314 e. The molecule has 3 N–H and O–H groups in total. The van der Waals surface area contributed by atoms with Crippen LogP contribution in [0, 0.1) is 11.3 Å². The monoisotopic (exact) mass is 351 g/mol. The number of aromatic nitrogens is 2. The van der Waals surface area contributed by atoms with Crippen molar-refractivity contribution in [3.63, 3.8) is 0 Å². The van der Waals surface area contributed by atoms with E-state index in [4.69, 9.17) is 5.26 Å². The van der Waals surface area contributed by atoms with Crippen molar-refractivity contribution in [2.24, 2.45) is 0 Å². The van der Waals surface area contributed by atoms with Crippen LogP contribution in [0.15, 0.2) is 24.5 Å². The first-order chi connectivity index (χ1) is 12.8. The third kappa shape index (κ3) is 3.78. The lowest BCUT2D eigenvalue weighted by atomic mass is 9.90. The topological polar surface area (TPSA) is 88.9 Å². The number of hydrazine groups is 1. The Hall–Kier alpha value is -2.27. The highest BCUT2D eigenvalue weighted by Gasteiger charge is 2.26. The number of piperazine rings is 1. The van der Waals surface area contributed by atoms with Gasteiger partial charge in [0.25, 0.3) is 0 Å². The largest absolute Gasteiger partial charge is 0.314 e. The summed E-state index contributed by atoms with van der Waals surface area (Å²) in [5, 5.41) is 13.4. The van der Waals surface area contributed by atoms with Crippen LogP contribution in [0.25, 0.3) is 10.9 Å². The average Bonchev–Trinajstić information content (AvgIpc) is 2.73. The van der Waals surface area contributed by atoms with Crippen LogP contribution in [0.1, 0.15) is 31.2 Å². The van der Waals surface area contributed by atoms with Crippen molar-refractivity contribution in [1.82, 2.24) is 25.6 Å². The highest BCUT2D eigenvalue weighted by Crippen LogP contribution is 2.24. The minimum atomic E-state index is 0.443. The lowest BCUT2D eigenvalue weighted by Crippen LogP contribution is -2.50. The van der Waals surface area contributed by atoms with Crippen LogP contribution >= 0.6 is 0 Å². The molecule has 1 aliphatic heterocycles. The molecule has 4 rings (SSSR count). The summed E-state index contributed by atoms with van der Waals surface area (Å²) in [6, 6.07) is 8.82. The number of nitrogens with one attached hydrogen (secondary N) is 3. The molecule has 2 fully saturated rings. The molecule has 0 amide bonds. The van der Waals surface area contributed by atoms with Gasteiger partial charge in [0.05, 0.1) is 17.1 Å². The van der Waals surface area contributed by atoms with Gasteiger partial charge in [0, 0.05) is 43.6 Å². The Morgan fingerprint density at radius 1 is 1.12 bits per heavy atom. The van der Waals surface area contributed by atoms with Gasteiger partial charge in [0.2, 0.25) is 0 Å². The van der Waals surface area contributed by atoms with E-state index in [0.717, 1.165) is 48.7 Å². The molecular formula is C19H25N7. The maximum absolute atomic E-state index is 9.12. The summed E-state index contributed by atoms with van der Waals surface area (Å²) < 4.78 is 0. The van der Waals surface area contributed by atoms with Crippen LogP contribution in [0.2, 0.25) is 0 Å². The molecule has 0 bridgehead atoms. The van der Waals surface area contributed by atoms with Crippen molar-refractivity contribution >= 4 is 16.7 Å². The number of hydrogen-bond donors (Lipinski definition) is 3. The van der Waals surface area contributed by atoms with Crippen LogP contribution in [0.4, 0.5) is 5.82 Å². The predicted octanol–water partition coefficient (Wildman–Crippen LogP) is 1.63. The van der Waals surface area contributed by atoms with Crippen LogP contribution in [-0.2, 0) is 0 Å². The molecule has 0 atom stereocenters. The van der Waals surface area contributed by atoms with Crippen LogP contribution in [-0.4, -0.2) is 53.1 Å². The van der Waals surface area contributed by atoms with E-state index < -0.39 is 0 Å². The molecule has 2 heterocycles. The smallest absolute Gasteiger partial charge is 0.151 e. The van der Waals surface area contributed by atoms with Crippen molar-refractivity contribution in [2.45, 2.75) is 37.8 Å². The van der Waals surface area contributed by atoms with Crippen LogP contribution in [0.5, 0.6) is 0 Å². The molecule has 7 heteroatoms.